The van der Waals surface area contributed by atoms with Crippen molar-refractivity contribution < 1.29 is 27.1 Å². The summed E-state index contributed by atoms with van der Waals surface area (Å²) in [4.78, 5) is 9.55. The molecule has 0 atom stereocenters. The van der Waals surface area contributed by atoms with Crippen molar-refractivity contribution in [3.63, 3.8) is 0 Å². The Kier molecular flexibility index (Phi) is 13.0. The lowest BCUT2D eigenvalue weighted by molar-refractivity contribution is -0.139. The average molecular weight is 270 g/mol. The number of aliphatic carboxylic acids is 1. The predicted octanol–water partition coefficient (Wildman–Crippen LogP) is 2.26. The molecule has 0 aliphatic rings. The molecule has 0 radical (unpaired) electrons. The van der Waals surface area contributed by atoms with Gasteiger partial charge in [0.25, 0.3) is 0 Å². The van der Waals surface area contributed by atoms with Crippen LogP contribution in [0.2, 0.25) is 0 Å². The smallest absolute Gasteiger partial charge is 0.397 e. The second-order valence-electron chi connectivity index (χ2n) is 3.50. The third-order valence-electron chi connectivity index (χ3n) is 1.79. The van der Waals surface area contributed by atoms with Crippen molar-refractivity contribution in [1.29, 1.82) is 0 Å². The molecule has 0 unspecified atom stereocenters. The molecule has 0 bridgehead atoms. The lowest BCUT2D eigenvalue weighted by atomic mass is 10.1. The van der Waals surface area contributed by atoms with Gasteiger partial charge in [-0.25, -0.2) is 8.98 Å². The Balaban J connectivity index is 0. The van der Waals surface area contributed by atoms with Gasteiger partial charge < -0.3 is 5.11 Å². The first kappa shape index (κ1) is 18.7. The standard InChI is InChI=1S/C8H18.C2H4O6S/c1-3-5-7-8-6-4-2;3-2(4)1-8-9(5,6)7/h3-8H2,1-2H3;1H2,(H,3,4)(H,5,6,7). The Morgan fingerprint density at radius 1 is 1.06 bits per heavy atom. The van der Waals surface area contributed by atoms with E-state index < -0.39 is 23.0 Å². The van der Waals surface area contributed by atoms with Gasteiger partial charge in [-0.2, -0.15) is 8.42 Å². The highest BCUT2D eigenvalue weighted by Gasteiger charge is 2.06. The van der Waals surface area contributed by atoms with Crippen LogP contribution in [0, 0.1) is 0 Å². The summed E-state index contributed by atoms with van der Waals surface area (Å²) in [7, 11) is -4.60. The molecule has 0 fully saturated rings. The van der Waals surface area contributed by atoms with Gasteiger partial charge in [-0.05, 0) is 0 Å². The van der Waals surface area contributed by atoms with Gasteiger partial charge in [0.15, 0.2) is 6.61 Å². The Morgan fingerprint density at radius 2 is 1.47 bits per heavy atom. The molecule has 0 aromatic rings. The van der Waals surface area contributed by atoms with Crippen LogP contribution in [-0.4, -0.2) is 30.7 Å². The van der Waals surface area contributed by atoms with Gasteiger partial charge in [0.05, 0.1) is 0 Å². The zero-order valence-electron chi connectivity index (χ0n) is 10.4. The van der Waals surface area contributed by atoms with Gasteiger partial charge in [0.2, 0.25) is 0 Å². The zero-order chi connectivity index (χ0) is 13.7. The molecule has 104 valence electrons. The lowest BCUT2D eigenvalue weighted by Crippen LogP contribution is -2.12. The average Bonchev–Trinajstić information content (AvgIpc) is 2.22. The minimum atomic E-state index is -4.60. The molecular formula is C10H22O6S. The van der Waals surface area contributed by atoms with Crippen LogP contribution >= 0.6 is 0 Å². The molecule has 0 saturated heterocycles. The Hall–Kier alpha value is -0.660. The second-order valence-corrected chi connectivity index (χ2v) is 4.59. The molecule has 2 N–H and O–H groups in total. The molecule has 0 amide bonds. The predicted molar refractivity (Wildman–Crippen MR) is 64.2 cm³/mol. The maximum Gasteiger partial charge on any atom is 0.397 e. The third kappa shape index (κ3) is 25.5. The second kappa shape index (κ2) is 11.8. The topological polar surface area (TPSA) is 101 Å². The third-order valence-corrected chi connectivity index (χ3v) is 2.20. The van der Waals surface area contributed by atoms with E-state index in [0.717, 1.165) is 0 Å². The summed E-state index contributed by atoms with van der Waals surface area (Å²) in [6.07, 6.45) is 8.49. The molecular weight excluding hydrogens is 248 g/mol. The van der Waals surface area contributed by atoms with Crippen molar-refractivity contribution in [1.82, 2.24) is 0 Å². The molecule has 0 heterocycles. The number of carbonyl (C=O) groups is 1. The van der Waals surface area contributed by atoms with E-state index in [2.05, 4.69) is 18.0 Å². The van der Waals surface area contributed by atoms with E-state index in [1.807, 2.05) is 0 Å². The van der Waals surface area contributed by atoms with Crippen LogP contribution in [0.15, 0.2) is 0 Å². The minimum absolute atomic E-state index is 1.06. The summed E-state index contributed by atoms with van der Waals surface area (Å²) in [5, 5.41) is 7.78. The highest BCUT2D eigenvalue weighted by molar-refractivity contribution is 7.80. The molecule has 6 nitrogen and oxygen atoms in total. The van der Waals surface area contributed by atoms with Crippen molar-refractivity contribution in [2.24, 2.45) is 0 Å². The molecule has 0 aliphatic heterocycles. The van der Waals surface area contributed by atoms with E-state index in [4.69, 9.17) is 9.66 Å². The monoisotopic (exact) mass is 270 g/mol. The summed E-state index contributed by atoms with van der Waals surface area (Å²) in [6, 6.07) is 0. The van der Waals surface area contributed by atoms with Gasteiger partial charge in [-0.3, -0.25) is 4.55 Å². The first-order valence-electron chi connectivity index (χ1n) is 5.67. The Labute approximate surface area is 103 Å². The van der Waals surface area contributed by atoms with Crippen LogP contribution in [0.1, 0.15) is 52.4 Å². The van der Waals surface area contributed by atoms with Gasteiger partial charge in [0, 0.05) is 0 Å². The summed E-state index contributed by atoms with van der Waals surface area (Å²) in [5.41, 5.74) is 0. The molecule has 0 spiro atoms. The van der Waals surface area contributed by atoms with E-state index in [-0.39, 0.29) is 0 Å². The van der Waals surface area contributed by atoms with Crippen molar-refractivity contribution in [2.75, 3.05) is 6.61 Å². The molecule has 0 aromatic carbocycles. The van der Waals surface area contributed by atoms with Crippen LogP contribution in [0.4, 0.5) is 0 Å². The van der Waals surface area contributed by atoms with E-state index in [1.54, 1.807) is 0 Å². The molecule has 0 saturated carbocycles. The van der Waals surface area contributed by atoms with Gasteiger partial charge >= 0.3 is 16.4 Å². The zero-order valence-corrected chi connectivity index (χ0v) is 11.2. The number of hydrogen-bond donors (Lipinski definition) is 2. The van der Waals surface area contributed by atoms with Crippen molar-refractivity contribution >= 4 is 16.4 Å². The van der Waals surface area contributed by atoms with E-state index in [1.165, 1.54) is 38.5 Å². The van der Waals surface area contributed by atoms with Crippen LogP contribution in [-0.2, 0) is 19.4 Å². The highest BCUT2D eigenvalue weighted by atomic mass is 32.3. The van der Waals surface area contributed by atoms with E-state index in [0.29, 0.717) is 0 Å². The van der Waals surface area contributed by atoms with Crippen LogP contribution in [0.25, 0.3) is 0 Å². The largest absolute Gasteiger partial charge is 0.479 e. The highest BCUT2D eigenvalue weighted by Crippen LogP contribution is 2.03. The maximum atomic E-state index is 9.61. The summed E-state index contributed by atoms with van der Waals surface area (Å²) in [5.74, 6) is -1.47. The molecule has 7 heteroatoms. The van der Waals surface area contributed by atoms with Crippen LogP contribution in [0.5, 0.6) is 0 Å². The van der Waals surface area contributed by atoms with Gasteiger partial charge in [0.1, 0.15) is 0 Å². The fraction of sp³-hybridized carbons (Fsp3) is 0.900. The number of carboxylic acids is 1. The van der Waals surface area contributed by atoms with Crippen molar-refractivity contribution in [2.45, 2.75) is 52.4 Å². The van der Waals surface area contributed by atoms with Crippen LogP contribution in [0.3, 0.4) is 0 Å². The number of hydrogen-bond acceptors (Lipinski definition) is 4. The molecule has 0 aliphatic carbocycles. The Morgan fingerprint density at radius 3 is 1.65 bits per heavy atom. The molecule has 0 rings (SSSR count). The number of carboxylic acid groups (broad SMARTS) is 1. The molecule has 0 aromatic heterocycles. The van der Waals surface area contributed by atoms with Gasteiger partial charge in [-0.15, -0.1) is 0 Å². The first-order valence-corrected chi connectivity index (χ1v) is 7.03. The van der Waals surface area contributed by atoms with Gasteiger partial charge in [-0.1, -0.05) is 52.4 Å². The summed E-state index contributed by atoms with van der Waals surface area (Å²) in [6.45, 7) is 3.46. The number of rotatable bonds is 8. The van der Waals surface area contributed by atoms with E-state index >= 15 is 0 Å². The summed E-state index contributed by atoms with van der Waals surface area (Å²) < 4.78 is 30.4. The number of unbranched alkanes of at least 4 members (excludes halogenated alkanes) is 5. The molecule has 17 heavy (non-hydrogen) atoms. The minimum Gasteiger partial charge on any atom is -0.479 e. The SMILES string of the molecule is CCCCCCCC.O=C(O)COS(=O)(=O)O. The van der Waals surface area contributed by atoms with E-state index in [9.17, 15) is 13.2 Å². The Bertz CT molecular complexity index is 267. The fourth-order valence-corrected chi connectivity index (χ4v) is 1.23. The quantitative estimate of drug-likeness (QED) is 0.518. The summed E-state index contributed by atoms with van der Waals surface area (Å²) >= 11 is 0. The van der Waals surface area contributed by atoms with Crippen LogP contribution < -0.4 is 0 Å². The fourth-order valence-electron chi connectivity index (χ4n) is 0.978. The normalized spacial score (nSPS) is 10.5. The maximum absolute atomic E-state index is 9.61. The first-order chi connectivity index (χ1) is 7.83. The lowest BCUT2D eigenvalue weighted by Gasteiger charge is -1.93. The van der Waals surface area contributed by atoms with Crippen molar-refractivity contribution in [3.05, 3.63) is 0 Å². The van der Waals surface area contributed by atoms with Crippen molar-refractivity contribution in [3.8, 4) is 0 Å².